The third-order valence-electron chi connectivity index (χ3n) is 2.76. The number of hydrogen-bond donors (Lipinski definition) is 0. The Hall–Kier alpha value is -1.00. The zero-order chi connectivity index (χ0) is 14.0. The number of benzene rings is 1. The summed E-state index contributed by atoms with van der Waals surface area (Å²) in [5, 5.41) is 0. The van der Waals surface area contributed by atoms with Gasteiger partial charge in [0.1, 0.15) is 5.82 Å². The van der Waals surface area contributed by atoms with Gasteiger partial charge in [-0.25, -0.2) is 14.4 Å². The Morgan fingerprint density at radius 3 is 2.74 bits per heavy atom. The van der Waals surface area contributed by atoms with E-state index in [9.17, 15) is 4.39 Å². The van der Waals surface area contributed by atoms with Crippen molar-refractivity contribution < 1.29 is 4.39 Å². The summed E-state index contributed by atoms with van der Waals surface area (Å²) in [6.07, 6.45) is 1.71. The maximum atomic E-state index is 13.3. The standard InChI is InChI=1S/C14H13BrClFN2/c1-8(2)13-9(6-16)7-18-14(19-13)11-5-10(17)3-4-12(11)15/h3-5,7-8H,6H2,1-2H3. The Kier molecular flexibility index (Phi) is 4.53. The Balaban J connectivity index is 2.57. The van der Waals surface area contributed by atoms with E-state index in [2.05, 4.69) is 25.9 Å². The first-order valence-corrected chi connectivity index (χ1v) is 7.23. The molecule has 0 aliphatic carbocycles. The fraction of sp³-hybridized carbons (Fsp3) is 0.286. The number of hydrogen-bond acceptors (Lipinski definition) is 2. The number of rotatable bonds is 3. The molecule has 2 aromatic rings. The molecule has 2 rings (SSSR count). The van der Waals surface area contributed by atoms with Crippen molar-refractivity contribution in [3.8, 4) is 11.4 Å². The van der Waals surface area contributed by atoms with Gasteiger partial charge in [0.2, 0.25) is 0 Å². The molecule has 0 atom stereocenters. The van der Waals surface area contributed by atoms with Gasteiger partial charge in [-0.05, 0) is 24.1 Å². The summed E-state index contributed by atoms with van der Waals surface area (Å²) in [6, 6.07) is 4.46. The Bertz CT molecular complexity index is 602. The molecule has 0 spiro atoms. The second-order valence-electron chi connectivity index (χ2n) is 4.52. The van der Waals surface area contributed by atoms with Crippen molar-refractivity contribution in [2.45, 2.75) is 25.6 Å². The zero-order valence-corrected chi connectivity index (χ0v) is 13.0. The van der Waals surface area contributed by atoms with E-state index in [0.29, 0.717) is 17.3 Å². The van der Waals surface area contributed by atoms with Crippen LogP contribution in [0.1, 0.15) is 31.0 Å². The average molecular weight is 344 g/mol. The SMILES string of the molecule is CC(C)c1nc(-c2cc(F)ccc2Br)ncc1CCl. The Morgan fingerprint density at radius 1 is 1.37 bits per heavy atom. The molecule has 0 saturated heterocycles. The molecule has 0 aliphatic heterocycles. The molecule has 0 radical (unpaired) electrons. The fourth-order valence-corrected chi connectivity index (χ4v) is 2.45. The van der Waals surface area contributed by atoms with Crippen LogP contribution in [0.2, 0.25) is 0 Å². The first-order valence-electron chi connectivity index (χ1n) is 5.90. The third kappa shape index (κ3) is 3.12. The second-order valence-corrected chi connectivity index (χ2v) is 5.64. The van der Waals surface area contributed by atoms with Crippen LogP contribution in [0.4, 0.5) is 4.39 Å². The van der Waals surface area contributed by atoms with Gasteiger partial charge in [-0.2, -0.15) is 0 Å². The normalized spacial score (nSPS) is 11.1. The molecule has 0 aliphatic rings. The minimum atomic E-state index is -0.311. The van der Waals surface area contributed by atoms with Crippen LogP contribution >= 0.6 is 27.5 Å². The smallest absolute Gasteiger partial charge is 0.160 e. The van der Waals surface area contributed by atoms with E-state index in [4.69, 9.17) is 11.6 Å². The van der Waals surface area contributed by atoms with Gasteiger partial charge >= 0.3 is 0 Å². The van der Waals surface area contributed by atoms with Gasteiger partial charge in [-0.15, -0.1) is 11.6 Å². The van der Waals surface area contributed by atoms with Crippen LogP contribution in [0.25, 0.3) is 11.4 Å². The Morgan fingerprint density at radius 2 is 2.11 bits per heavy atom. The van der Waals surface area contributed by atoms with Gasteiger partial charge in [0.15, 0.2) is 5.82 Å². The highest BCUT2D eigenvalue weighted by Gasteiger charge is 2.13. The summed E-state index contributed by atoms with van der Waals surface area (Å²) in [5.74, 6) is 0.805. The van der Waals surface area contributed by atoms with Crippen LogP contribution < -0.4 is 0 Å². The van der Waals surface area contributed by atoms with Gasteiger partial charge in [-0.1, -0.05) is 29.8 Å². The number of halogens is 3. The maximum absolute atomic E-state index is 13.3. The minimum Gasteiger partial charge on any atom is -0.236 e. The predicted molar refractivity (Wildman–Crippen MR) is 78.8 cm³/mol. The minimum absolute atomic E-state index is 0.239. The molecule has 5 heteroatoms. The highest BCUT2D eigenvalue weighted by Crippen LogP contribution is 2.28. The summed E-state index contributed by atoms with van der Waals surface area (Å²) in [7, 11) is 0. The van der Waals surface area contributed by atoms with E-state index >= 15 is 0 Å². The third-order valence-corrected chi connectivity index (χ3v) is 3.74. The maximum Gasteiger partial charge on any atom is 0.160 e. The molecular weight excluding hydrogens is 331 g/mol. The molecule has 19 heavy (non-hydrogen) atoms. The lowest BCUT2D eigenvalue weighted by molar-refractivity contribution is 0.628. The Labute approximate surface area is 125 Å². The first-order chi connectivity index (χ1) is 9.02. The van der Waals surface area contributed by atoms with Crippen LogP contribution in [0, 0.1) is 5.82 Å². The fourth-order valence-electron chi connectivity index (χ4n) is 1.82. The van der Waals surface area contributed by atoms with Gasteiger partial charge in [-0.3, -0.25) is 0 Å². The lowest BCUT2D eigenvalue weighted by atomic mass is 10.1. The van der Waals surface area contributed by atoms with E-state index in [1.54, 1.807) is 12.3 Å². The summed E-state index contributed by atoms with van der Waals surface area (Å²) in [5.41, 5.74) is 2.45. The van der Waals surface area contributed by atoms with Crippen molar-refractivity contribution in [2.75, 3.05) is 0 Å². The molecule has 1 aromatic carbocycles. The van der Waals surface area contributed by atoms with Gasteiger partial charge < -0.3 is 0 Å². The van der Waals surface area contributed by atoms with E-state index in [1.807, 2.05) is 13.8 Å². The van der Waals surface area contributed by atoms with E-state index < -0.39 is 0 Å². The van der Waals surface area contributed by atoms with Crippen LogP contribution in [0.3, 0.4) is 0 Å². The van der Waals surface area contributed by atoms with E-state index in [1.165, 1.54) is 12.1 Å². The van der Waals surface area contributed by atoms with Crippen molar-refractivity contribution in [3.05, 3.63) is 45.9 Å². The molecule has 1 aromatic heterocycles. The largest absolute Gasteiger partial charge is 0.236 e. The molecule has 0 fully saturated rings. The highest BCUT2D eigenvalue weighted by atomic mass is 79.9. The van der Waals surface area contributed by atoms with Crippen LogP contribution in [-0.4, -0.2) is 9.97 Å². The van der Waals surface area contributed by atoms with Gasteiger partial charge in [0.25, 0.3) is 0 Å². The quantitative estimate of drug-likeness (QED) is 0.740. The van der Waals surface area contributed by atoms with Crippen molar-refractivity contribution >= 4 is 27.5 Å². The molecular formula is C14H13BrClFN2. The summed E-state index contributed by atoms with van der Waals surface area (Å²) < 4.78 is 14.1. The number of aromatic nitrogens is 2. The molecule has 0 bridgehead atoms. The molecule has 1 heterocycles. The molecule has 0 amide bonds. The second kappa shape index (κ2) is 5.97. The van der Waals surface area contributed by atoms with E-state index in [-0.39, 0.29) is 11.7 Å². The number of alkyl halides is 1. The van der Waals surface area contributed by atoms with Gasteiger partial charge in [0, 0.05) is 21.8 Å². The first kappa shape index (κ1) is 14.4. The van der Waals surface area contributed by atoms with Crippen molar-refractivity contribution in [1.82, 2.24) is 9.97 Å². The lowest BCUT2D eigenvalue weighted by Crippen LogP contribution is -2.03. The lowest BCUT2D eigenvalue weighted by Gasteiger charge is -2.12. The monoisotopic (exact) mass is 342 g/mol. The molecule has 0 saturated carbocycles. The van der Waals surface area contributed by atoms with Crippen LogP contribution in [0.5, 0.6) is 0 Å². The predicted octanol–water partition coefficient (Wildman–Crippen LogP) is 4.91. The van der Waals surface area contributed by atoms with Crippen molar-refractivity contribution in [1.29, 1.82) is 0 Å². The zero-order valence-electron chi connectivity index (χ0n) is 10.6. The van der Waals surface area contributed by atoms with E-state index in [0.717, 1.165) is 15.7 Å². The van der Waals surface area contributed by atoms with Crippen LogP contribution in [0.15, 0.2) is 28.9 Å². The summed E-state index contributed by atoms with van der Waals surface area (Å²) >= 11 is 9.27. The topological polar surface area (TPSA) is 25.8 Å². The molecule has 2 nitrogen and oxygen atoms in total. The summed E-state index contributed by atoms with van der Waals surface area (Å²) in [4.78, 5) is 8.80. The molecule has 100 valence electrons. The number of nitrogens with zero attached hydrogens (tertiary/aromatic N) is 2. The van der Waals surface area contributed by atoms with Crippen LogP contribution in [-0.2, 0) is 5.88 Å². The van der Waals surface area contributed by atoms with Crippen molar-refractivity contribution in [3.63, 3.8) is 0 Å². The average Bonchev–Trinajstić information content (AvgIpc) is 2.40. The van der Waals surface area contributed by atoms with Gasteiger partial charge in [0.05, 0.1) is 11.6 Å². The summed E-state index contributed by atoms with van der Waals surface area (Å²) in [6.45, 7) is 4.09. The molecule has 0 unspecified atom stereocenters. The molecule has 0 N–H and O–H groups in total. The highest BCUT2D eigenvalue weighted by molar-refractivity contribution is 9.10. The van der Waals surface area contributed by atoms with Crippen molar-refractivity contribution in [2.24, 2.45) is 0 Å².